The Morgan fingerprint density at radius 1 is 1.10 bits per heavy atom. The molecule has 1 aromatic heterocycles. The molecule has 0 aliphatic rings. The molecule has 0 aliphatic heterocycles. The van der Waals surface area contributed by atoms with Crippen LogP contribution < -0.4 is 10.1 Å². The lowest BCUT2D eigenvalue weighted by atomic mass is 10.1. The largest absolute Gasteiger partial charge is 0.484 e. The molecule has 1 heterocycles. The number of ether oxygens (including phenoxy) is 2. The first-order valence-electron chi connectivity index (χ1n) is 9.69. The Hall–Kier alpha value is -3.46. The third-order valence-electron chi connectivity index (χ3n) is 4.29. The fourth-order valence-electron chi connectivity index (χ4n) is 2.67. The van der Waals surface area contributed by atoms with Crippen LogP contribution in [0.25, 0.3) is 0 Å². The van der Waals surface area contributed by atoms with Gasteiger partial charge in [0.2, 0.25) is 5.82 Å². The molecule has 31 heavy (non-hydrogen) atoms. The number of halogens is 1. The van der Waals surface area contributed by atoms with Crippen LogP contribution in [0.5, 0.6) is 5.75 Å². The number of amides is 1. The second kappa shape index (κ2) is 11.1. The number of rotatable bonds is 10. The second-order valence-electron chi connectivity index (χ2n) is 6.59. The molecule has 0 fully saturated rings. The van der Waals surface area contributed by atoms with E-state index in [1.165, 1.54) is 0 Å². The van der Waals surface area contributed by atoms with E-state index in [1.807, 2.05) is 30.3 Å². The predicted octanol–water partition coefficient (Wildman–Crippen LogP) is 3.18. The number of nitrogens with one attached hydrogen (secondary N) is 1. The molecular weight excluding hydrogens is 422 g/mol. The highest BCUT2D eigenvalue weighted by Crippen LogP contribution is 2.23. The van der Waals surface area contributed by atoms with Gasteiger partial charge in [0.05, 0.1) is 11.1 Å². The van der Waals surface area contributed by atoms with Gasteiger partial charge < -0.3 is 14.8 Å². The summed E-state index contributed by atoms with van der Waals surface area (Å²) in [6.45, 7) is 1.82. The summed E-state index contributed by atoms with van der Waals surface area (Å²) >= 11 is 6.04. The lowest BCUT2D eigenvalue weighted by molar-refractivity contribution is -0.122. The average Bonchev–Trinajstić information content (AvgIpc) is 3.23. The van der Waals surface area contributed by atoms with Crippen molar-refractivity contribution in [3.8, 4) is 5.75 Å². The van der Waals surface area contributed by atoms with Crippen LogP contribution in [0.4, 0.5) is 4.79 Å². The van der Waals surface area contributed by atoms with Crippen LogP contribution in [-0.4, -0.2) is 38.1 Å². The first-order chi connectivity index (χ1) is 15.0. The smallest absolute Gasteiger partial charge is 0.408 e. The van der Waals surface area contributed by atoms with Gasteiger partial charge in [0.25, 0.3) is 0 Å². The zero-order chi connectivity index (χ0) is 22.1. The van der Waals surface area contributed by atoms with Gasteiger partial charge in [-0.15, -0.1) is 10.2 Å². The van der Waals surface area contributed by atoms with Crippen LogP contribution in [-0.2, 0) is 29.3 Å². The van der Waals surface area contributed by atoms with Gasteiger partial charge in [0, 0.05) is 0 Å². The fourth-order valence-corrected chi connectivity index (χ4v) is 2.86. The Bertz CT molecular complexity index is 1010. The molecule has 1 N–H and O–H groups in total. The van der Waals surface area contributed by atoms with E-state index in [4.69, 9.17) is 21.1 Å². The van der Waals surface area contributed by atoms with Crippen molar-refractivity contribution in [3.63, 3.8) is 0 Å². The molecule has 1 unspecified atom stereocenters. The number of hydrogen-bond acceptors (Lipinski definition) is 7. The Kier molecular flexibility index (Phi) is 7.94. The maximum atomic E-state index is 12.5. The van der Waals surface area contributed by atoms with E-state index >= 15 is 0 Å². The lowest BCUT2D eigenvalue weighted by Crippen LogP contribution is -2.42. The molecule has 2 aromatic carbocycles. The monoisotopic (exact) mass is 443 g/mol. The Morgan fingerprint density at radius 3 is 2.58 bits per heavy atom. The van der Waals surface area contributed by atoms with E-state index in [-0.39, 0.29) is 25.5 Å². The number of hydrogen-bond donors (Lipinski definition) is 1. The third-order valence-corrected chi connectivity index (χ3v) is 4.60. The first-order valence-corrected chi connectivity index (χ1v) is 10.1. The quantitative estimate of drug-likeness (QED) is 0.512. The summed E-state index contributed by atoms with van der Waals surface area (Å²) in [7, 11) is 0. The van der Waals surface area contributed by atoms with Crippen LogP contribution >= 0.6 is 11.6 Å². The molecule has 1 atom stereocenters. The molecule has 10 heteroatoms. The molecule has 0 radical (unpaired) electrons. The molecule has 0 bridgehead atoms. The van der Waals surface area contributed by atoms with Crippen molar-refractivity contribution < 1.29 is 19.1 Å². The zero-order valence-corrected chi connectivity index (χ0v) is 17.7. The summed E-state index contributed by atoms with van der Waals surface area (Å²) < 4.78 is 10.7. The van der Waals surface area contributed by atoms with Gasteiger partial charge >= 0.3 is 6.09 Å². The number of ketones is 1. The summed E-state index contributed by atoms with van der Waals surface area (Å²) in [5, 5.41) is 14.9. The number of carbonyl (C=O) groups excluding carboxylic acids is 2. The van der Waals surface area contributed by atoms with E-state index in [1.54, 1.807) is 31.2 Å². The summed E-state index contributed by atoms with van der Waals surface area (Å²) in [6, 6.07) is 15.6. The highest BCUT2D eigenvalue weighted by Gasteiger charge is 2.21. The van der Waals surface area contributed by atoms with Crippen molar-refractivity contribution in [2.75, 3.05) is 0 Å². The van der Waals surface area contributed by atoms with Crippen molar-refractivity contribution in [1.29, 1.82) is 0 Å². The van der Waals surface area contributed by atoms with Crippen molar-refractivity contribution in [2.45, 2.75) is 39.1 Å². The molecular formula is C21H22ClN5O4. The Morgan fingerprint density at radius 2 is 1.84 bits per heavy atom. The van der Waals surface area contributed by atoms with Crippen molar-refractivity contribution >= 4 is 23.5 Å². The van der Waals surface area contributed by atoms with E-state index < -0.39 is 12.1 Å². The van der Waals surface area contributed by atoms with Gasteiger partial charge in [-0.1, -0.05) is 61.0 Å². The summed E-state index contributed by atoms with van der Waals surface area (Å²) in [4.78, 5) is 25.7. The van der Waals surface area contributed by atoms with Crippen LogP contribution in [0, 0.1) is 0 Å². The third kappa shape index (κ3) is 6.78. The minimum absolute atomic E-state index is 0.0548. The van der Waals surface area contributed by atoms with Crippen molar-refractivity contribution in [2.24, 2.45) is 0 Å². The molecule has 0 aliphatic carbocycles. The van der Waals surface area contributed by atoms with Gasteiger partial charge in [-0.25, -0.2) is 4.79 Å². The van der Waals surface area contributed by atoms with Crippen LogP contribution in [0.3, 0.4) is 0 Å². The Labute approximate surface area is 184 Å². The summed E-state index contributed by atoms with van der Waals surface area (Å²) in [5.41, 5.74) is 0.857. The number of Topliss-reactive ketones (excluding diaryl/α,β-unsaturated/α-hetero) is 1. The number of carbonyl (C=O) groups is 2. The molecule has 0 spiro atoms. The van der Waals surface area contributed by atoms with Gasteiger partial charge in [0.15, 0.2) is 12.4 Å². The molecule has 0 saturated carbocycles. The lowest BCUT2D eigenvalue weighted by Gasteiger charge is -2.15. The number of aromatic nitrogens is 4. The van der Waals surface area contributed by atoms with Gasteiger partial charge in [0.1, 0.15) is 18.9 Å². The topological polar surface area (TPSA) is 108 Å². The van der Waals surface area contributed by atoms with E-state index in [9.17, 15) is 9.59 Å². The molecule has 9 nitrogen and oxygen atoms in total. The molecule has 162 valence electrons. The van der Waals surface area contributed by atoms with Crippen molar-refractivity contribution in [1.82, 2.24) is 25.5 Å². The summed E-state index contributed by atoms with van der Waals surface area (Å²) in [5.74, 6) is 0.534. The number of alkyl carbamates (subject to hydrolysis) is 1. The second-order valence-corrected chi connectivity index (χ2v) is 7.00. The predicted molar refractivity (Wildman–Crippen MR) is 112 cm³/mol. The van der Waals surface area contributed by atoms with Gasteiger partial charge in [-0.05, 0) is 29.3 Å². The van der Waals surface area contributed by atoms with E-state index in [2.05, 4.69) is 20.7 Å². The van der Waals surface area contributed by atoms with Gasteiger partial charge in [-0.3, -0.25) is 4.79 Å². The highest BCUT2D eigenvalue weighted by molar-refractivity contribution is 6.32. The summed E-state index contributed by atoms with van der Waals surface area (Å²) in [6.07, 6.45) is -0.263. The molecule has 0 saturated heterocycles. The standard InChI is InChI=1S/C21H22ClN5O4/c1-2-17(23-21(29)31-13-15-8-4-3-5-9-15)18(28)12-27-25-20(24-26-27)14-30-19-11-7-6-10-16(19)22/h3-11,17H,2,12-14H2,1H3,(H,23,29). The molecule has 1 amide bonds. The van der Waals surface area contributed by atoms with Crippen LogP contribution in [0.1, 0.15) is 24.7 Å². The minimum Gasteiger partial charge on any atom is -0.484 e. The van der Waals surface area contributed by atoms with Crippen molar-refractivity contribution in [3.05, 3.63) is 71.0 Å². The fraction of sp³-hybridized carbons (Fsp3) is 0.286. The Balaban J connectivity index is 1.47. The number of nitrogens with zero attached hydrogens (tertiary/aromatic N) is 4. The molecule has 3 aromatic rings. The normalized spacial score (nSPS) is 11.5. The van der Waals surface area contributed by atoms with Crippen LogP contribution in [0.15, 0.2) is 54.6 Å². The van der Waals surface area contributed by atoms with Gasteiger partial charge in [-0.2, -0.15) is 4.80 Å². The SMILES string of the molecule is CCC(NC(=O)OCc1ccccc1)C(=O)Cn1nnc(COc2ccccc2Cl)n1. The van der Waals surface area contributed by atoms with Crippen LogP contribution in [0.2, 0.25) is 5.02 Å². The number of benzene rings is 2. The maximum absolute atomic E-state index is 12.5. The molecule has 3 rings (SSSR count). The first kappa shape index (κ1) is 22.2. The maximum Gasteiger partial charge on any atom is 0.408 e. The van der Waals surface area contributed by atoms with E-state index in [0.717, 1.165) is 10.4 Å². The average molecular weight is 444 g/mol. The zero-order valence-electron chi connectivity index (χ0n) is 16.9. The number of tetrazole rings is 1. The minimum atomic E-state index is -0.725. The number of para-hydroxylation sites is 1. The highest BCUT2D eigenvalue weighted by atomic mass is 35.5. The van der Waals surface area contributed by atoms with E-state index in [0.29, 0.717) is 23.0 Å².